The predicted molar refractivity (Wildman–Crippen MR) is 108 cm³/mol. The molecule has 1 N–H and O–H groups in total. The second-order valence-corrected chi connectivity index (χ2v) is 7.09. The third kappa shape index (κ3) is 4.12. The van der Waals surface area contributed by atoms with Crippen LogP contribution in [0.3, 0.4) is 0 Å². The Morgan fingerprint density at radius 3 is 2.78 bits per heavy atom. The van der Waals surface area contributed by atoms with Crippen molar-refractivity contribution in [1.29, 1.82) is 0 Å². The van der Waals surface area contributed by atoms with Gasteiger partial charge in [0.1, 0.15) is 5.01 Å². The minimum absolute atomic E-state index is 0.0895. The maximum atomic E-state index is 12.4. The smallest absolute Gasteiger partial charge is 0.230 e. The van der Waals surface area contributed by atoms with E-state index in [9.17, 15) is 4.79 Å². The predicted octanol–water partition coefficient (Wildman–Crippen LogP) is 4.49. The average molecular weight is 374 g/mol. The quantitative estimate of drug-likeness (QED) is 0.560. The molecular formula is C21H18N4OS. The molecule has 0 atom stereocenters. The molecule has 2 aromatic heterocycles. The summed E-state index contributed by atoms with van der Waals surface area (Å²) < 4.78 is 1.75. The number of amides is 1. The summed E-state index contributed by atoms with van der Waals surface area (Å²) in [5.74, 6) is -0.0895. The molecule has 4 rings (SSSR count). The summed E-state index contributed by atoms with van der Waals surface area (Å²) in [5, 5.41) is 10.0. The highest BCUT2D eigenvalue weighted by molar-refractivity contribution is 7.13. The topological polar surface area (TPSA) is 59.8 Å². The van der Waals surface area contributed by atoms with Crippen LogP contribution in [0.4, 0.5) is 5.69 Å². The van der Waals surface area contributed by atoms with Crippen LogP contribution in [0.5, 0.6) is 0 Å². The highest BCUT2D eigenvalue weighted by atomic mass is 32.1. The molecular weight excluding hydrogens is 356 g/mol. The van der Waals surface area contributed by atoms with Crippen molar-refractivity contribution in [2.24, 2.45) is 0 Å². The first-order chi connectivity index (χ1) is 13.2. The number of thiazole rings is 1. The van der Waals surface area contributed by atoms with E-state index < -0.39 is 0 Å². The average Bonchev–Trinajstić information content (AvgIpc) is 3.35. The number of anilines is 1. The Morgan fingerprint density at radius 1 is 1.15 bits per heavy atom. The summed E-state index contributed by atoms with van der Waals surface area (Å²) in [4.78, 5) is 17.0. The molecule has 0 saturated carbocycles. The van der Waals surface area contributed by atoms with Crippen molar-refractivity contribution < 1.29 is 4.79 Å². The van der Waals surface area contributed by atoms with Crippen LogP contribution in [0, 0.1) is 6.92 Å². The number of nitrogens with one attached hydrogen (secondary N) is 1. The van der Waals surface area contributed by atoms with E-state index in [2.05, 4.69) is 46.6 Å². The van der Waals surface area contributed by atoms with Gasteiger partial charge in [-0.2, -0.15) is 5.10 Å². The van der Waals surface area contributed by atoms with Gasteiger partial charge in [0.15, 0.2) is 0 Å². The highest BCUT2D eigenvalue weighted by Gasteiger charge is 2.10. The molecule has 6 heteroatoms. The lowest BCUT2D eigenvalue weighted by molar-refractivity contribution is -0.115. The van der Waals surface area contributed by atoms with Crippen molar-refractivity contribution in [3.8, 4) is 16.3 Å². The molecule has 0 spiro atoms. The Kier molecular flexibility index (Phi) is 4.80. The molecule has 0 radical (unpaired) electrons. The Morgan fingerprint density at radius 2 is 2.00 bits per heavy atom. The van der Waals surface area contributed by atoms with E-state index in [0.717, 1.165) is 27.6 Å². The van der Waals surface area contributed by atoms with Gasteiger partial charge >= 0.3 is 0 Å². The summed E-state index contributed by atoms with van der Waals surface area (Å²) in [7, 11) is 0. The summed E-state index contributed by atoms with van der Waals surface area (Å²) >= 11 is 1.55. The number of carbonyl (C=O) groups excluding carboxylic acids is 1. The monoisotopic (exact) mass is 374 g/mol. The Bertz CT molecular complexity index is 1050. The van der Waals surface area contributed by atoms with Crippen LogP contribution < -0.4 is 5.32 Å². The van der Waals surface area contributed by atoms with E-state index >= 15 is 0 Å². The first-order valence-electron chi connectivity index (χ1n) is 8.59. The van der Waals surface area contributed by atoms with Crippen LogP contribution in [0.15, 0.2) is 72.4 Å². The number of aryl methyl sites for hydroxylation is 1. The molecule has 2 aromatic carbocycles. The number of nitrogens with zero attached hydrogens (tertiary/aromatic N) is 3. The normalized spacial score (nSPS) is 10.7. The summed E-state index contributed by atoms with van der Waals surface area (Å²) in [6.45, 7) is 2.06. The number of hydrogen-bond acceptors (Lipinski definition) is 4. The van der Waals surface area contributed by atoms with E-state index in [0.29, 0.717) is 0 Å². The highest BCUT2D eigenvalue weighted by Crippen LogP contribution is 2.24. The zero-order valence-corrected chi connectivity index (χ0v) is 15.6. The van der Waals surface area contributed by atoms with Crippen molar-refractivity contribution >= 4 is 22.9 Å². The van der Waals surface area contributed by atoms with Crippen molar-refractivity contribution in [2.75, 3.05) is 5.32 Å². The third-order valence-corrected chi connectivity index (χ3v) is 5.03. The van der Waals surface area contributed by atoms with Gasteiger partial charge in [-0.3, -0.25) is 4.79 Å². The maximum Gasteiger partial charge on any atom is 0.230 e. The fourth-order valence-corrected chi connectivity index (χ4v) is 3.56. The first kappa shape index (κ1) is 17.2. The van der Waals surface area contributed by atoms with Gasteiger partial charge in [-0.25, -0.2) is 9.67 Å². The van der Waals surface area contributed by atoms with Crippen molar-refractivity contribution in [2.45, 2.75) is 13.3 Å². The minimum Gasteiger partial charge on any atom is -0.326 e. The second kappa shape index (κ2) is 7.55. The Labute approximate surface area is 161 Å². The fraction of sp³-hybridized carbons (Fsp3) is 0.0952. The van der Waals surface area contributed by atoms with Gasteiger partial charge in [0.05, 0.1) is 17.8 Å². The lowest BCUT2D eigenvalue weighted by Crippen LogP contribution is -2.14. The first-order valence-corrected chi connectivity index (χ1v) is 9.47. The second-order valence-electron chi connectivity index (χ2n) is 6.24. The van der Waals surface area contributed by atoms with E-state index in [1.54, 1.807) is 22.2 Å². The molecule has 0 unspecified atom stereocenters. The molecule has 2 heterocycles. The van der Waals surface area contributed by atoms with Crippen molar-refractivity contribution in [3.63, 3.8) is 0 Å². The van der Waals surface area contributed by atoms with E-state index in [-0.39, 0.29) is 12.3 Å². The molecule has 0 saturated heterocycles. The molecule has 27 heavy (non-hydrogen) atoms. The van der Waals surface area contributed by atoms with Crippen LogP contribution in [0.2, 0.25) is 0 Å². The lowest BCUT2D eigenvalue weighted by atomic mass is 10.2. The minimum atomic E-state index is -0.0895. The fourth-order valence-electron chi connectivity index (χ4n) is 2.73. The Balaban J connectivity index is 1.43. The van der Waals surface area contributed by atoms with Gasteiger partial charge in [-0.05, 0) is 31.2 Å². The number of rotatable bonds is 5. The number of hydrogen-bond donors (Lipinski definition) is 1. The molecule has 0 aliphatic carbocycles. The van der Waals surface area contributed by atoms with Crippen LogP contribution >= 0.6 is 11.3 Å². The van der Waals surface area contributed by atoms with Gasteiger partial charge in [-0.1, -0.05) is 35.9 Å². The third-order valence-electron chi connectivity index (χ3n) is 4.09. The number of carbonyl (C=O) groups is 1. The zero-order valence-electron chi connectivity index (χ0n) is 14.8. The number of aromatic nitrogens is 3. The van der Waals surface area contributed by atoms with E-state index in [4.69, 9.17) is 0 Å². The lowest BCUT2D eigenvalue weighted by Gasteiger charge is -2.07. The van der Waals surface area contributed by atoms with Crippen molar-refractivity contribution in [3.05, 3.63) is 83.6 Å². The molecule has 0 bridgehead atoms. The van der Waals surface area contributed by atoms with Gasteiger partial charge in [0, 0.05) is 29.0 Å². The Hall–Kier alpha value is -3.25. The zero-order chi connectivity index (χ0) is 18.6. The van der Waals surface area contributed by atoms with Crippen molar-refractivity contribution in [1.82, 2.24) is 14.8 Å². The molecule has 0 aliphatic rings. The summed E-state index contributed by atoms with van der Waals surface area (Å²) in [5.41, 5.74) is 4.70. The standard InChI is InChI=1S/C21H18N4OS/c1-15-6-8-16(9-7-15)21-24-18(14-27-21)13-20(26)23-17-4-2-5-19(12-17)25-11-3-10-22-25/h2-12,14H,13H2,1H3,(H,23,26). The van der Waals surface area contributed by atoms with Gasteiger partial charge in [-0.15, -0.1) is 11.3 Å². The van der Waals surface area contributed by atoms with Gasteiger partial charge < -0.3 is 5.32 Å². The molecule has 0 fully saturated rings. The SMILES string of the molecule is Cc1ccc(-c2nc(CC(=O)Nc3cccc(-n4cccn4)c3)cs2)cc1. The van der Waals surface area contributed by atoms with Gasteiger partial charge in [0.25, 0.3) is 0 Å². The number of benzene rings is 2. The van der Waals surface area contributed by atoms with Crippen LogP contribution in [-0.4, -0.2) is 20.7 Å². The molecule has 4 aromatic rings. The molecule has 1 amide bonds. The largest absolute Gasteiger partial charge is 0.326 e. The maximum absolute atomic E-state index is 12.4. The van der Waals surface area contributed by atoms with Crippen LogP contribution in [0.25, 0.3) is 16.3 Å². The van der Waals surface area contributed by atoms with Crippen LogP contribution in [0.1, 0.15) is 11.3 Å². The molecule has 134 valence electrons. The summed E-state index contributed by atoms with van der Waals surface area (Å²) in [6, 6.07) is 17.7. The molecule has 5 nitrogen and oxygen atoms in total. The van der Waals surface area contributed by atoms with Crippen LogP contribution in [-0.2, 0) is 11.2 Å². The molecule has 0 aliphatic heterocycles. The van der Waals surface area contributed by atoms with Gasteiger partial charge in [0.2, 0.25) is 5.91 Å². The van der Waals surface area contributed by atoms with E-state index in [1.807, 2.05) is 41.9 Å². The summed E-state index contributed by atoms with van der Waals surface area (Å²) in [6.07, 6.45) is 3.83. The van der Waals surface area contributed by atoms with E-state index in [1.165, 1.54) is 5.56 Å².